The van der Waals surface area contributed by atoms with E-state index in [4.69, 9.17) is 0 Å². The number of phenols is 1. The molecule has 0 aliphatic carbocycles. The number of hydrogen-bond acceptors (Lipinski definition) is 7. The van der Waals surface area contributed by atoms with Crippen molar-refractivity contribution >= 4 is 22.6 Å². The molecule has 9 nitrogen and oxygen atoms in total. The lowest BCUT2D eigenvalue weighted by molar-refractivity contribution is -0.126. The number of aromatic nitrogens is 2. The quantitative estimate of drug-likeness (QED) is 0.502. The maximum absolute atomic E-state index is 15.7. The Labute approximate surface area is 223 Å². The van der Waals surface area contributed by atoms with Crippen LogP contribution in [0.5, 0.6) is 5.75 Å². The molecule has 1 amide bonds. The highest BCUT2D eigenvalue weighted by molar-refractivity contribution is 5.95. The first-order valence-corrected chi connectivity index (χ1v) is 12.8. The summed E-state index contributed by atoms with van der Waals surface area (Å²) < 4.78 is 31.8. The van der Waals surface area contributed by atoms with Crippen LogP contribution in [0.15, 0.2) is 41.7 Å². The lowest BCUT2D eigenvalue weighted by atomic mass is 10.0. The molecule has 11 heteroatoms. The van der Waals surface area contributed by atoms with Gasteiger partial charge in [0.2, 0.25) is 5.91 Å². The van der Waals surface area contributed by atoms with Gasteiger partial charge in [-0.25, -0.2) is 13.8 Å². The van der Waals surface area contributed by atoms with E-state index in [-0.39, 0.29) is 40.8 Å². The molecule has 4 heterocycles. The highest BCUT2D eigenvalue weighted by atomic mass is 19.1. The van der Waals surface area contributed by atoms with Crippen molar-refractivity contribution in [3.63, 3.8) is 0 Å². The largest absolute Gasteiger partial charge is 0.507 e. The number of nitrogens with zero attached hydrogens (tertiary/aromatic N) is 6. The molecule has 1 atom stereocenters. The molecule has 0 spiro atoms. The fourth-order valence-corrected chi connectivity index (χ4v) is 5.55. The molecule has 5 rings (SSSR count). The van der Waals surface area contributed by atoms with Crippen molar-refractivity contribution in [3.05, 3.63) is 64.5 Å². The van der Waals surface area contributed by atoms with Crippen LogP contribution in [0.2, 0.25) is 0 Å². The zero-order valence-corrected chi connectivity index (χ0v) is 21.5. The minimum atomic E-state index is -0.906. The number of carbonyl (C=O) groups is 1. The molecule has 1 aromatic carbocycles. The normalized spacial score (nSPS) is 17.9. The van der Waals surface area contributed by atoms with Crippen LogP contribution in [0, 0.1) is 23.0 Å². The van der Waals surface area contributed by atoms with E-state index >= 15 is 4.39 Å². The molecule has 2 fully saturated rings. The van der Waals surface area contributed by atoms with Crippen LogP contribution in [-0.2, 0) is 11.3 Å². The summed E-state index contributed by atoms with van der Waals surface area (Å²) in [5, 5.41) is 20.7. The summed E-state index contributed by atoms with van der Waals surface area (Å²) in [6.45, 7) is 5.83. The second-order valence-electron chi connectivity index (χ2n) is 9.87. The van der Waals surface area contributed by atoms with Gasteiger partial charge in [0.1, 0.15) is 34.5 Å². The number of carbonyl (C=O) groups excluding carboxylic acids is 1. The minimum Gasteiger partial charge on any atom is -0.507 e. The van der Waals surface area contributed by atoms with Crippen molar-refractivity contribution in [1.82, 2.24) is 19.4 Å². The van der Waals surface area contributed by atoms with Crippen molar-refractivity contribution in [3.8, 4) is 23.1 Å². The molecular formula is C28H28F2N6O3. The summed E-state index contributed by atoms with van der Waals surface area (Å²) in [7, 11) is 1.95. The molecule has 1 unspecified atom stereocenters. The first-order valence-electron chi connectivity index (χ1n) is 12.8. The van der Waals surface area contributed by atoms with Gasteiger partial charge in [0, 0.05) is 44.2 Å². The molecule has 2 aliphatic heterocycles. The first-order chi connectivity index (χ1) is 18.7. The van der Waals surface area contributed by atoms with Gasteiger partial charge in [-0.05, 0) is 50.7 Å². The third kappa shape index (κ3) is 4.61. The summed E-state index contributed by atoms with van der Waals surface area (Å²) in [5.74, 6) is -2.47. The van der Waals surface area contributed by atoms with Crippen LogP contribution in [0.3, 0.4) is 0 Å². The van der Waals surface area contributed by atoms with Crippen LogP contribution < -0.4 is 10.5 Å². The predicted octanol–water partition coefficient (Wildman–Crippen LogP) is 2.85. The molecule has 202 valence electrons. The van der Waals surface area contributed by atoms with E-state index in [1.807, 2.05) is 13.1 Å². The van der Waals surface area contributed by atoms with E-state index < -0.39 is 34.2 Å². The average molecular weight is 535 g/mol. The average Bonchev–Trinajstić information content (AvgIpc) is 3.34. The predicted molar refractivity (Wildman–Crippen MR) is 142 cm³/mol. The van der Waals surface area contributed by atoms with Crippen molar-refractivity contribution < 1.29 is 18.7 Å². The molecule has 2 saturated heterocycles. The second-order valence-corrected chi connectivity index (χ2v) is 9.87. The molecule has 2 aliphatic rings. The number of rotatable bonds is 5. The maximum Gasteiger partial charge on any atom is 0.272 e. The minimum absolute atomic E-state index is 0.00563. The van der Waals surface area contributed by atoms with Crippen LogP contribution in [-0.4, -0.2) is 76.2 Å². The number of piperazine rings is 1. The summed E-state index contributed by atoms with van der Waals surface area (Å²) in [6.07, 6.45) is 3.00. The molecule has 39 heavy (non-hydrogen) atoms. The van der Waals surface area contributed by atoms with Gasteiger partial charge in [-0.1, -0.05) is 12.6 Å². The van der Waals surface area contributed by atoms with E-state index in [1.54, 1.807) is 9.80 Å². The lowest BCUT2D eigenvalue weighted by Gasteiger charge is -2.36. The number of aromatic hydroxyl groups is 1. The highest BCUT2D eigenvalue weighted by Gasteiger charge is 2.30. The Hall–Kier alpha value is -4.30. The summed E-state index contributed by atoms with van der Waals surface area (Å²) >= 11 is 0. The Morgan fingerprint density at radius 1 is 1.23 bits per heavy atom. The van der Waals surface area contributed by atoms with Crippen LogP contribution in [0.25, 0.3) is 22.3 Å². The Kier molecular flexibility index (Phi) is 7.06. The van der Waals surface area contributed by atoms with Crippen LogP contribution in [0.4, 0.5) is 14.5 Å². The summed E-state index contributed by atoms with van der Waals surface area (Å²) in [5.41, 5.74) is -1.23. The number of benzene rings is 1. The molecule has 0 saturated carbocycles. The third-order valence-corrected chi connectivity index (χ3v) is 7.65. The number of amides is 1. The van der Waals surface area contributed by atoms with E-state index in [1.165, 1.54) is 22.8 Å². The zero-order chi connectivity index (χ0) is 27.8. The van der Waals surface area contributed by atoms with E-state index in [2.05, 4.69) is 16.5 Å². The number of hydrogen-bond donors (Lipinski definition) is 1. The highest BCUT2D eigenvalue weighted by Crippen LogP contribution is 2.36. The summed E-state index contributed by atoms with van der Waals surface area (Å²) in [4.78, 5) is 35.8. The smallest absolute Gasteiger partial charge is 0.272 e. The Morgan fingerprint density at radius 3 is 2.59 bits per heavy atom. The summed E-state index contributed by atoms with van der Waals surface area (Å²) in [6, 6.07) is 6.79. The Morgan fingerprint density at radius 2 is 1.97 bits per heavy atom. The molecule has 1 N–H and O–H groups in total. The topological polar surface area (TPSA) is 106 Å². The number of pyridine rings is 2. The Bertz CT molecular complexity index is 1550. The number of nitriles is 1. The van der Waals surface area contributed by atoms with Crippen molar-refractivity contribution in [1.29, 1.82) is 5.26 Å². The second kappa shape index (κ2) is 10.5. The number of fused-ring (bicyclic) bond motifs is 1. The van der Waals surface area contributed by atoms with Crippen molar-refractivity contribution in [2.24, 2.45) is 0 Å². The van der Waals surface area contributed by atoms with Gasteiger partial charge in [0.25, 0.3) is 5.56 Å². The first kappa shape index (κ1) is 26.3. The Balaban J connectivity index is 1.74. The standard InChI is InChI=1S/C28H28F2N6O3/c1-3-23(38)34-10-12-35(13-11-34)26-18-14-21(30)25(24-20(29)7-4-8-22(24)37)32-27(18)36(28(39)19(26)15-31)16-17-6-5-9-33(17)2/h3-4,7-8,14,17,37H,1,5-6,9-13,16H2,2H3. The molecule has 0 radical (unpaired) electrons. The van der Waals surface area contributed by atoms with Crippen molar-refractivity contribution in [2.75, 3.05) is 44.7 Å². The van der Waals surface area contributed by atoms with Gasteiger partial charge in [0.05, 0.1) is 11.3 Å². The molecule has 3 aromatic rings. The third-order valence-electron chi connectivity index (χ3n) is 7.65. The number of likely N-dealkylation sites (tertiary alicyclic amines) is 1. The van der Waals surface area contributed by atoms with Gasteiger partial charge in [-0.2, -0.15) is 5.26 Å². The fraction of sp³-hybridized carbons (Fsp3) is 0.357. The van der Waals surface area contributed by atoms with Crippen LogP contribution in [0.1, 0.15) is 18.4 Å². The van der Waals surface area contributed by atoms with Gasteiger partial charge in [-0.3, -0.25) is 14.2 Å². The molecule has 0 bridgehead atoms. The van der Waals surface area contributed by atoms with Gasteiger partial charge >= 0.3 is 0 Å². The zero-order valence-electron chi connectivity index (χ0n) is 21.5. The SMILES string of the molecule is C=CC(=O)N1CCN(c2c(C#N)c(=O)n(CC3CCCN3C)c3nc(-c4c(O)cccc4F)c(F)cc23)CC1. The monoisotopic (exact) mass is 534 g/mol. The van der Waals surface area contributed by atoms with Crippen LogP contribution >= 0.6 is 0 Å². The molecule has 2 aromatic heterocycles. The van der Waals surface area contributed by atoms with E-state index in [0.29, 0.717) is 26.2 Å². The van der Waals surface area contributed by atoms with Gasteiger partial charge in [-0.15, -0.1) is 0 Å². The number of phenolic OH excluding ortho intramolecular Hbond substituents is 1. The number of anilines is 1. The van der Waals surface area contributed by atoms with E-state index in [9.17, 15) is 24.3 Å². The van der Waals surface area contributed by atoms with Crippen molar-refractivity contribution in [2.45, 2.75) is 25.4 Å². The number of halogens is 2. The molecular weight excluding hydrogens is 506 g/mol. The fourth-order valence-electron chi connectivity index (χ4n) is 5.55. The van der Waals surface area contributed by atoms with Gasteiger partial charge in [0.15, 0.2) is 5.82 Å². The van der Waals surface area contributed by atoms with Gasteiger partial charge < -0.3 is 19.8 Å². The lowest BCUT2D eigenvalue weighted by Crippen LogP contribution is -2.49. The van der Waals surface area contributed by atoms with E-state index in [0.717, 1.165) is 31.5 Å². The number of likely N-dealkylation sites (N-methyl/N-ethyl adjacent to an activating group) is 1. The maximum atomic E-state index is 15.7.